The van der Waals surface area contributed by atoms with Crippen molar-refractivity contribution in [1.29, 1.82) is 0 Å². The molecule has 0 fully saturated rings. The van der Waals surface area contributed by atoms with E-state index >= 15 is 0 Å². The van der Waals surface area contributed by atoms with Crippen LogP contribution in [0.2, 0.25) is 0 Å². The van der Waals surface area contributed by atoms with Gasteiger partial charge in [0, 0.05) is 41.6 Å². The SMILES string of the molecule is O=c1[nH]c2c([nH]1)CC(=NCCCNCCN=C1CCCC(Cl)=C1Cl)CC2. The molecule has 0 saturated carbocycles. The molecule has 0 bridgehead atoms. The van der Waals surface area contributed by atoms with E-state index in [9.17, 15) is 4.79 Å². The number of H-pyrrole nitrogens is 2. The van der Waals surface area contributed by atoms with Crippen LogP contribution in [0.25, 0.3) is 0 Å². The molecule has 0 aliphatic heterocycles. The lowest BCUT2D eigenvalue weighted by Crippen LogP contribution is -2.21. The first-order valence-electron chi connectivity index (χ1n) is 9.24. The fourth-order valence-corrected chi connectivity index (χ4v) is 3.78. The third-order valence-corrected chi connectivity index (χ3v) is 5.60. The number of aliphatic imine (C=N–C) groups is 2. The summed E-state index contributed by atoms with van der Waals surface area (Å²) in [6, 6.07) is 0. The third kappa shape index (κ3) is 5.32. The van der Waals surface area contributed by atoms with Gasteiger partial charge in [-0.25, -0.2) is 4.79 Å². The number of imidazole rings is 1. The molecule has 6 nitrogen and oxygen atoms in total. The van der Waals surface area contributed by atoms with Gasteiger partial charge in [-0.15, -0.1) is 0 Å². The summed E-state index contributed by atoms with van der Waals surface area (Å²) in [5.74, 6) is 0. The summed E-state index contributed by atoms with van der Waals surface area (Å²) in [7, 11) is 0. The molecular weight excluding hydrogens is 373 g/mol. The molecule has 2 aliphatic carbocycles. The van der Waals surface area contributed by atoms with Crippen LogP contribution in [0.4, 0.5) is 0 Å². The van der Waals surface area contributed by atoms with Crippen LogP contribution in [-0.4, -0.2) is 47.6 Å². The van der Waals surface area contributed by atoms with Crippen molar-refractivity contribution < 1.29 is 0 Å². The highest BCUT2D eigenvalue weighted by Crippen LogP contribution is 2.28. The molecule has 0 amide bonds. The molecule has 8 heteroatoms. The molecule has 0 spiro atoms. The second-order valence-corrected chi connectivity index (χ2v) is 7.50. The van der Waals surface area contributed by atoms with Gasteiger partial charge in [-0.1, -0.05) is 23.2 Å². The zero-order valence-electron chi connectivity index (χ0n) is 14.8. The molecule has 1 heterocycles. The summed E-state index contributed by atoms with van der Waals surface area (Å²) in [5, 5.41) is 4.77. The van der Waals surface area contributed by atoms with Crippen LogP contribution in [0.1, 0.15) is 43.5 Å². The van der Waals surface area contributed by atoms with Gasteiger partial charge >= 0.3 is 5.69 Å². The molecule has 142 valence electrons. The van der Waals surface area contributed by atoms with Gasteiger partial charge in [0.2, 0.25) is 0 Å². The van der Waals surface area contributed by atoms with E-state index in [0.717, 1.165) is 86.7 Å². The zero-order valence-corrected chi connectivity index (χ0v) is 16.3. The number of allylic oxidation sites excluding steroid dienone is 2. The van der Waals surface area contributed by atoms with Crippen molar-refractivity contribution >= 4 is 34.6 Å². The van der Waals surface area contributed by atoms with Crippen LogP contribution in [-0.2, 0) is 12.8 Å². The van der Waals surface area contributed by atoms with Crippen molar-refractivity contribution in [2.24, 2.45) is 9.98 Å². The maximum Gasteiger partial charge on any atom is 0.323 e. The van der Waals surface area contributed by atoms with Gasteiger partial charge in [-0.2, -0.15) is 0 Å². The molecule has 3 N–H and O–H groups in total. The molecule has 3 rings (SSSR count). The van der Waals surface area contributed by atoms with Gasteiger partial charge in [0.15, 0.2) is 0 Å². The molecular formula is C18H25Cl2N5O. The first-order valence-corrected chi connectivity index (χ1v) is 10.00. The van der Waals surface area contributed by atoms with Crippen LogP contribution in [0.3, 0.4) is 0 Å². The standard InChI is InChI=1S/C18H25Cl2N5O/c19-13-3-1-4-15(17(13)20)23-10-9-21-7-2-8-22-12-5-6-14-16(11-12)25-18(26)24-14/h21H,1-11H2,(H2,24,25,26). The van der Waals surface area contributed by atoms with E-state index in [-0.39, 0.29) is 5.69 Å². The predicted octanol–water partition coefficient (Wildman–Crippen LogP) is 2.93. The van der Waals surface area contributed by atoms with Gasteiger partial charge < -0.3 is 15.3 Å². The highest BCUT2D eigenvalue weighted by molar-refractivity contribution is 6.49. The van der Waals surface area contributed by atoms with E-state index in [1.54, 1.807) is 0 Å². The molecule has 0 aromatic carbocycles. The number of nitrogens with one attached hydrogen (secondary N) is 3. The third-order valence-electron chi connectivity index (χ3n) is 4.68. The number of aryl methyl sites for hydroxylation is 1. The average molecular weight is 398 g/mol. The van der Waals surface area contributed by atoms with Crippen molar-refractivity contribution in [1.82, 2.24) is 15.3 Å². The predicted molar refractivity (Wildman–Crippen MR) is 108 cm³/mol. The second kappa shape index (κ2) is 9.53. The maximum absolute atomic E-state index is 11.3. The van der Waals surface area contributed by atoms with E-state index in [0.29, 0.717) is 11.6 Å². The van der Waals surface area contributed by atoms with Crippen LogP contribution in [0.15, 0.2) is 24.8 Å². The Kier molecular flexibility index (Phi) is 7.11. The lowest BCUT2D eigenvalue weighted by molar-refractivity contribution is 0.658. The fraction of sp³-hybridized carbons (Fsp3) is 0.611. The highest BCUT2D eigenvalue weighted by Gasteiger charge is 2.16. The van der Waals surface area contributed by atoms with Crippen molar-refractivity contribution in [2.45, 2.75) is 44.9 Å². The zero-order chi connectivity index (χ0) is 18.4. The molecule has 2 aliphatic rings. The minimum Gasteiger partial charge on any atom is -0.315 e. The largest absolute Gasteiger partial charge is 0.323 e. The highest BCUT2D eigenvalue weighted by atomic mass is 35.5. The van der Waals surface area contributed by atoms with Crippen molar-refractivity contribution in [2.75, 3.05) is 26.2 Å². The fourth-order valence-electron chi connectivity index (χ4n) is 3.29. The Balaban J connectivity index is 1.30. The number of halogens is 2. The Morgan fingerprint density at radius 2 is 1.81 bits per heavy atom. The Bertz CT molecular complexity index is 775. The van der Waals surface area contributed by atoms with Crippen molar-refractivity contribution in [3.05, 3.63) is 31.9 Å². The molecule has 1 aromatic heterocycles. The van der Waals surface area contributed by atoms with E-state index in [1.807, 2.05) is 0 Å². The molecule has 1 aromatic rings. The normalized spacial score (nSPS) is 20.8. The first kappa shape index (κ1) is 19.4. The lowest BCUT2D eigenvalue weighted by atomic mass is 9.99. The smallest absolute Gasteiger partial charge is 0.315 e. The molecule has 0 saturated heterocycles. The van der Waals surface area contributed by atoms with Gasteiger partial charge in [0.25, 0.3) is 0 Å². The number of hydrogen-bond donors (Lipinski definition) is 3. The average Bonchev–Trinajstić information content (AvgIpc) is 3.00. The Hall–Kier alpha value is -1.37. The van der Waals surface area contributed by atoms with Crippen molar-refractivity contribution in [3.8, 4) is 0 Å². The summed E-state index contributed by atoms with van der Waals surface area (Å²) >= 11 is 12.3. The van der Waals surface area contributed by atoms with Gasteiger partial charge in [-0.05, 0) is 45.1 Å². The van der Waals surface area contributed by atoms with E-state index in [1.165, 1.54) is 5.71 Å². The number of nitrogens with zero attached hydrogens (tertiary/aromatic N) is 2. The Morgan fingerprint density at radius 1 is 0.962 bits per heavy atom. The molecule has 0 atom stereocenters. The number of aromatic nitrogens is 2. The lowest BCUT2D eigenvalue weighted by Gasteiger charge is -2.14. The van der Waals surface area contributed by atoms with Crippen LogP contribution in [0.5, 0.6) is 0 Å². The minimum absolute atomic E-state index is 0.115. The molecule has 0 radical (unpaired) electrons. The van der Waals surface area contributed by atoms with Crippen LogP contribution >= 0.6 is 23.2 Å². The van der Waals surface area contributed by atoms with Crippen LogP contribution < -0.4 is 11.0 Å². The summed E-state index contributed by atoms with van der Waals surface area (Å²) in [6.45, 7) is 3.27. The summed E-state index contributed by atoms with van der Waals surface area (Å²) in [4.78, 5) is 26.2. The molecule has 26 heavy (non-hydrogen) atoms. The monoisotopic (exact) mass is 397 g/mol. The van der Waals surface area contributed by atoms with E-state index in [2.05, 4.69) is 25.3 Å². The van der Waals surface area contributed by atoms with Gasteiger partial charge in [0.05, 0.1) is 17.3 Å². The van der Waals surface area contributed by atoms with Gasteiger partial charge in [0.1, 0.15) is 0 Å². The minimum atomic E-state index is -0.115. The van der Waals surface area contributed by atoms with E-state index < -0.39 is 0 Å². The number of aromatic amines is 2. The van der Waals surface area contributed by atoms with Crippen molar-refractivity contribution in [3.63, 3.8) is 0 Å². The topological polar surface area (TPSA) is 85.4 Å². The van der Waals surface area contributed by atoms with E-state index in [4.69, 9.17) is 23.2 Å². The summed E-state index contributed by atoms with van der Waals surface area (Å²) in [6.07, 6.45) is 6.36. The maximum atomic E-state index is 11.3. The Morgan fingerprint density at radius 3 is 2.69 bits per heavy atom. The van der Waals surface area contributed by atoms with Gasteiger partial charge in [-0.3, -0.25) is 9.98 Å². The number of fused-ring (bicyclic) bond motifs is 1. The quantitative estimate of drug-likeness (QED) is 0.617. The number of rotatable bonds is 7. The Labute approximate surface area is 163 Å². The second-order valence-electron chi connectivity index (χ2n) is 6.67. The van der Waals surface area contributed by atoms with Crippen LogP contribution in [0, 0.1) is 0 Å². The number of hydrogen-bond acceptors (Lipinski definition) is 4. The molecule has 0 unspecified atom stereocenters. The first-order chi connectivity index (χ1) is 12.6. The summed E-state index contributed by atoms with van der Waals surface area (Å²) < 4.78 is 0. The summed E-state index contributed by atoms with van der Waals surface area (Å²) in [5.41, 5.74) is 4.03.